The first-order valence-electron chi connectivity index (χ1n) is 40.2. The van der Waals surface area contributed by atoms with Gasteiger partial charge in [0.1, 0.15) is 19.3 Å². The number of phosphoric ester groups is 2. The van der Waals surface area contributed by atoms with Crippen molar-refractivity contribution in [1.82, 2.24) is 0 Å². The maximum absolute atomic E-state index is 13.1. The zero-order valence-corrected chi connectivity index (χ0v) is 64.3. The van der Waals surface area contributed by atoms with Gasteiger partial charge in [-0.05, 0) is 31.6 Å². The van der Waals surface area contributed by atoms with Crippen LogP contribution in [0.4, 0.5) is 0 Å². The van der Waals surface area contributed by atoms with Crippen molar-refractivity contribution < 1.29 is 80.2 Å². The van der Waals surface area contributed by atoms with E-state index in [-0.39, 0.29) is 25.7 Å². The Morgan fingerprint density at radius 1 is 0.292 bits per heavy atom. The third-order valence-corrected chi connectivity index (χ3v) is 20.3. The lowest BCUT2D eigenvalue weighted by Gasteiger charge is -2.21. The first kappa shape index (κ1) is 94.1. The quantitative estimate of drug-likeness (QED) is 0.0222. The summed E-state index contributed by atoms with van der Waals surface area (Å²) in [6, 6.07) is 0. The summed E-state index contributed by atoms with van der Waals surface area (Å²) in [4.78, 5) is 72.6. The minimum Gasteiger partial charge on any atom is -0.462 e. The van der Waals surface area contributed by atoms with Crippen molar-refractivity contribution in [2.24, 2.45) is 5.92 Å². The number of rotatable bonds is 77. The highest BCUT2D eigenvalue weighted by Gasteiger charge is 2.30. The Hall–Kier alpha value is -1.94. The first-order valence-corrected chi connectivity index (χ1v) is 43.2. The number of ether oxygens (including phenoxy) is 4. The van der Waals surface area contributed by atoms with E-state index in [0.717, 1.165) is 102 Å². The molecule has 96 heavy (non-hydrogen) atoms. The molecule has 0 bridgehead atoms. The monoisotopic (exact) mass is 1410 g/mol. The molecule has 0 amide bonds. The highest BCUT2D eigenvalue weighted by atomic mass is 31.2. The van der Waals surface area contributed by atoms with Crippen LogP contribution in [0, 0.1) is 5.92 Å². The molecule has 19 heteroatoms. The molecule has 3 N–H and O–H groups in total. The smallest absolute Gasteiger partial charge is 0.462 e. The van der Waals surface area contributed by atoms with E-state index >= 15 is 0 Å². The Morgan fingerprint density at radius 3 is 0.740 bits per heavy atom. The van der Waals surface area contributed by atoms with Crippen LogP contribution >= 0.6 is 15.6 Å². The van der Waals surface area contributed by atoms with Gasteiger partial charge in [-0.15, -0.1) is 0 Å². The third-order valence-electron chi connectivity index (χ3n) is 18.4. The van der Waals surface area contributed by atoms with Crippen molar-refractivity contribution in [2.45, 2.75) is 425 Å². The van der Waals surface area contributed by atoms with E-state index in [9.17, 15) is 43.2 Å². The van der Waals surface area contributed by atoms with Crippen LogP contribution in [0.2, 0.25) is 0 Å². The maximum atomic E-state index is 13.1. The van der Waals surface area contributed by atoms with Gasteiger partial charge in [-0.1, -0.05) is 356 Å². The normalized spacial score (nSPS) is 14.2. The topological polar surface area (TPSA) is 237 Å². The van der Waals surface area contributed by atoms with Gasteiger partial charge in [0.25, 0.3) is 0 Å². The minimum absolute atomic E-state index is 0.107. The fourth-order valence-corrected chi connectivity index (χ4v) is 13.4. The van der Waals surface area contributed by atoms with Crippen LogP contribution in [0.1, 0.15) is 407 Å². The molecule has 3 unspecified atom stereocenters. The third kappa shape index (κ3) is 69.2. The van der Waals surface area contributed by atoms with Crippen LogP contribution in [-0.4, -0.2) is 96.7 Å². The summed E-state index contributed by atoms with van der Waals surface area (Å²) in [7, 11) is -9.90. The number of phosphoric acid groups is 2. The Morgan fingerprint density at radius 2 is 0.500 bits per heavy atom. The number of unbranched alkanes of at least 4 members (excludes halogenated alkanes) is 48. The van der Waals surface area contributed by atoms with Crippen molar-refractivity contribution in [3.63, 3.8) is 0 Å². The molecule has 0 saturated heterocycles. The van der Waals surface area contributed by atoms with E-state index in [4.69, 9.17) is 37.0 Å². The number of hydrogen-bond acceptors (Lipinski definition) is 15. The van der Waals surface area contributed by atoms with Gasteiger partial charge in [-0.2, -0.15) is 0 Å². The summed E-state index contributed by atoms with van der Waals surface area (Å²) < 4.78 is 68.4. The molecule has 0 rings (SSSR count). The molecule has 0 aromatic heterocycles. The number of esters is 4. The van der Waals surface area contributed by atoms with Crippen molar-refractivity contribution in [3.05, 3.63) is 0 Å². The van der Waals surface area contributed by atoms with Crippen LogP contribution in [0.5, 0.6) is 0 Å². The molecule has 0 aromatic rings. The summed E-state index contributed by atoms with van der Waals surface area (Å²) in [6.07, 6.45) is 60.0. The predicted molar refractivity (Wildman–Crippen MR) is 391 cm³/mol. The SMILES string of the molecule is CCCCCCCCCCCCCCCCCCCCC(=O)OC[C@H](COP(=O)(O)OC[C@@H](O)COP(=O)(O)OC[C@@H](COC(=O)CCCCCCC)OC(=O)CCCCCCCCCCCCCCCCC)OC(=O)CCCCCCCCCCCCCCCCC(C)CC. The van der Waals surface area contributed by atoms with Crippen molar-refractivity contribution in [3.8, 4) is 0 Å². The minimum atomic E-state index is -4.96. The van der Waals surface area contributed by atoms with Gasteiger partial charge in [-0.3, -0.25) is 37.3 Å². The Labute approximate surface area is 588 Å². The maximum Gasteiger partial charge on any atom is 0.472 e. The molecule has 570 valence electrons. The van der Waals surface area contributed by atoms with Gasteiger partial charge in [0.05, 0.1) is 26.4 Å². The molecule has 0 heterocycles. The second kappa shape index (κ2) is 70.1. The van der Waals surface area contributed by atoms with Crippen LogP contribution in [0.3, 0.4) is 0 Å². The zero-order valence-electron chi connectivity index (χ0n) is 62.5. The molecule has 6 atom stereocenters. The molecule has 0 spiro atoms. The largest absolute Gasteiger partial charge is 0.472 e. The number of aliphatic hydroxyl groups excluding tert-OH is 1. The number of carbonyl (C=O) groups is 4. The van der Waals surface area contributed by atoms with E-state index < -0.39 is 97.5 Å². The van der Waals surface area contributed by atoms with Gasteiger partial charge >= 0.3 is 39.5 Å². The average Bonchev–Trinajstić information content (AvgIpc) is 2.39. The van der Waals surface area contributed by atoms with Gasteiger partial charge < -0.3 is 33.8 Å². The molecule has 0 fully saturated rings. The fourth-order valence-electron chi connectivity index (χ4n) is 11.8. The second-order valence-corrected chi connectivity index (χ2v) is 30.9. The standard InChI is InChI=1S/C77H150O17P2/c1-6-10-13-16-18-20-22-24-26-27-28-30-34-38-42-46-51-56-61-75(80)88-67-73(94-77(82)63-58-53-48-44-40-36-32-31-33-37-41-45-50-54-59-70(5)9-4)69-92-96(85,86)90-65-71(78)64-89-95(83,84)91-68-72(66-87-74(79)60-55-49-15-12-8-3)93-76(81)62-57-52-47-43-39-35-29-25-23-21-19-17-14-11-7-2/h70-73,78H,6-69H2,1-5H3,(H,83,84)(H,85,86)/t70?,71-,72+,73+/m0/s1. The van der Waals surface area contributed by atoms with E-state index in [2.05, 4.69) is 34.6 Å². The molecular formula is C77H150O17P2. The highest BCUT2D eigenvalue weighted by Crippen LogP contribution is 2.45. The predicted octanol–water partition coefficient (Wildman–Crippen LogP) is 22.9. The molecule has 17 nitrogen and oxygen atoms in total. The average molecular weight is 1410 g/mol. The summed E-state index contributed by atoms with van der Waals surface area (Å²) in [5, 5.41) is 10.6. The Kier molecular flexibility index (Phi) is 68.7. The second-order valence-electron chi connectivity index (χ2n) is 28.0. The van der Waals surface area contributed by atoms with Crippen molar-refractivity contribution in [1.29, 1.82) is 0 Å². The van der Waals surface area contributed by atoms with E-state index in [1.54, 1.807) is 0 Å². The highest BCUT2D eigenvalue weighted by molar-refractivity contribution is 7.47. The fraction of sp³-hybridized carbons (Fsp3) is 0.948. The first-order chi connectivity index (χ1) is 46.6. The van der Waals surface area contributed by atoms with Crippen molar-refractivity contribution in [2.75, 3.05) is 39.6 Å². The van der Waals surface area contributed by atoms with Crippen LogP contribution in [0.15, 0.2) is 0 Å². The van der Waals surface area contributed by atoms with Gasteiger partial charge in [0.2, 0.25) is 0 Å². The summed E-state index contributed by atoms with van der Waals surface area (Å²) >= 11 is 0. The lowest BCUT2D eigenvalue weighted by atomic mass is 9.99. The van der Waals surface area contributed by atoms with E-state index in [0.29, 0.717) is 25.7 Å². The molecule has 0 aliphatic rings. The van der Waals surface area contributed by atoms with Crippen LogP contribution in [0.25, 0.3) is 0 Å². The number of hydrogen-bond donors (Lipinski definition) is 3. The van der Waals surface area contributed by atoms with E-state index in [1.807, 2.05) is 0 Å². The van der Waals surface area contributed by atoms with Crippen LogP contribution < -0.4 is 0 Å². The van der Waals surface area contributed by atoms with E-state index in [1.165, 1.54) is 225 Å². The molecule has 0 aliphatic carbocycles. The molecule has 0 aliphatic heterocycles. The van der Waals surface area contributed by atoms with Crippen molar-refractivity contribution >= 4 is 39.5 Å². The molecule has 0 radical (unpaired) electrons. The zero-order chi connectivity index (χ0) is 70.5. The van der Waals surface area contributed by atoms with Gasteiger partial charge in [-0.25, -0.2) is 9.13 Å². The molecular weight excluding hydrogens is 1260 g/mol. The summed E-state index contributed by atoms with van der Waals surface area (Å²) in [5.74, 6) is -1.28. The lowest BCUT2D eigenvalue weighted by molar-refractivity contribution is -0.161. The Balaban J connectivity index is 5.14. The Bertz CT molecular complexity index is 1840. The van der Waals surface area contributed by atoms with Crippen LogP contribution in [-0.2, 0) is 65.4 Å². The lowest BCUT2D eigenvalue weighted by Crippen LogP contribution is -2.30. The summed E-state index contributed by atoms with van der Waals surface area (Å²) in [6.45, 7) is 7.27. The number of carbonyl (C=O) groups excluding carboxylic acids is 4. The molecule has 0 aromatic carbocycles. The number of aliphatic hydroxyl groups is 1. The summed E-state index contributed by atoms with van der Waals surface area (Å²) in [5.41, 5.74) is 0. The molecule has 0 saturated carbocycles. The van der Waals surface area contributed by atoms with Gasteiger partial charge in [0.15, 0.2) is 12.2 Å². The van der Waals surface area contributed by atoms with Gasteiger partial charge in [0, 0.05) is 25.7 Å².